The van der Waals surface area contributed by atoms with Crippen LogP contribution in [0.5, 0.6) is 5.88 Å². The Morgan fingerprint density at radius 1 is 1.65 bits per heavy atom. The zero-order valence-corrected chi connectivity index (χ0v) is 10.6. The molecule has 1 heterocycles. The van der Waals surface area contributed by atoms with Crippen molar-refractivity contribution in [3.05, 3.63) is 11.8 Å². The number of hydrogen-bond acceptors (Lipinski definition) is 5. The van der Waals surface area contributed by atoms with Crippen LogP contribution in [0.15, 0.2) is 10.6 Å². The highest BCUT2D eigenvalue weighted by Crippen LogP contribution is 2.10. The molecular weight excluding hydrogens is 224 g/mol. The van der Waals surface area contributed by atoms with Crippen LogP contribution in [0, 0.1) is 6.92 Å². The summed E-state index contributed by atoms with van der Waals surface area (Å²) in [5.41, 5.74) is -0.922. The third-order valence-corrected chi connectivity index (χ3v) is 2.00. The molecule has 0 spiro atoms. The predicted octanol–water partition coefficient (Wildman–Crippen LogP) is 0.591. The van der Waals surface area contributed by atoms with Gasteiger partial charge in [-0.05, 0) is 25.9 Å². The van der Waals surface area contributed by atoms with Crippen LogP contribution < -0.4 is 4.74 Å². The number of nitrogens with zero attached hydrogens (tertiary/aromatic N) is 2. The second-order valence-electron chi connectivity index (χ2n) is 4.63. The summed E-state index contributed by atoms with van der Waals surface area (Å²) >= 11 is 0. The summed E-state index contributed by atoms with van der Waals surface area (Å²) in [6.45, 7) is 5.13. The second kappa shape index (κ2) is 5.18. The van der Waals surface area contributed by atoms with E-state index in [9.17, 15) is 9.90 Å². The number of hydrogen-bond donors (Lipinski definition) is 1. The fourth-order valence-corrected chi connectivity index (χ4v) is 1.33. The normalized spacial score (nSPS) is 11.4. The highest BCUT2D eigenvalue weighted by Gasteiger charge is 2.19. The molecule has 0 radical (unpaired) electrons. The summed E-state index contributed by atoms with van der Waals surface area (Å²) in [4.78, 5) is 13.0. The van der Waals surface area contributed by atoms with Gasteiger partial charge in [0.2, 0.25) is 0 Å². The van der Waals surface area contributed by atoms with E-state index in [-0.39, 0.29) is 24.9 Å². The van der Waals surface area contributed by atoms with Gasteiger partial charge in [-0.15, -0.1) is 0 Å². The van der Waals surface area contributed by atoms with Crippen LogP contribution in [0.4, 0.5) is 0 Å². The van der Waals surface area contributed by atoms with Crippen LogP contribution in [0.3, 0.4) is 0 Å². The van der Waals surface area contributed by atoms with Crippen molar-refractivity contribution in [3.63, 3.8) is 0 Å². The van der Waals surface area contributed by atoms with Crippen LogP contribution in [-0.2, 0) is 4.79 Å². The Morgan fingerprint density at radius 3 is 2.76 bits per heavy atom. The molecule has 1 aromatic rings. The van der Waals surface area contributed by atoms with Crippen molar-refractivity contribution in [1.82, 2.24) is 10.1 Å². The minimum atomic E-state index is -0.922. The molecule has 0 unspecified atom stereocenters. The average Bonchev–Trinajstić information content (AvgIpc) is 2.58. The van der Waals surface area contributed by atoms with E-state index in [0.29, 0.717) is 5.76 Å². The standard InChI is InChI=1S/C11H18N2O4/c1-8-5-9(12-17-8)16-6-10(14)13(4)7-11(2,3)15/h5,15H,6-7H2,1-4H3. The second-order valence-corrected chi connectivity index (χ2v) is 4.63. The number of carbonyl (C=O) groups is 1. The van der Waals surface area contributed by atoms with Crippen LogP contribution in [0.25, 0.3) is 0 Å². The molecule has 1 amide bonds. The van der Waals surface area contributed by atoms with E-state index in [0.717, 1.165) is 0 Å². The van der Waals surface area contributed by atoms with Gasteiger partial charge in [0.15, 0.2) is 6.61 Å². The average molecular weight is 242 g/mol. The fraction of sp³-hybridized carbons (Fsp3) is 0.636. The van der Waals surface area contributed by atoms with Gasteiger partial charge in [0, 0.05) is 19.7 Å². The Balaban J connectivity index is 2.39. The largest absolute Gasteiger partial charge is 0.465 e. The van der Waals surface area contributed by atoms with Gasteiger partial charge in [-0.25, -0.2) is 0 Å². The van der Waals surface area contributed by atoms with Gasteiger partial charge < -0.3 is 19.3 Å². The summed E-state index contributed by atoms with van der Waals surface area (Å²) in [5, 5.41) is 13.2. The zero-order chi connectivity index (χ0) is 13.1. The zero-order valence-electron chi connectivity index (χ0n) is 10.6. The lowest BCUT2D eigenvalue weighted by molar-refractivity contribution is -0.134. The molecular formula is C11H18N2O4. The summed E-state index contributed by atoms with van der Waals surface area (Å²) in [7, 11) is 1.61. The molecule has 17 heavy (non-hydrogen) atoms. The number of aryl methyl sites for hydroxylation is 1. The van der Waals surface area contributed by atoms with Crippen molar-refractivity contribution in [2.75, 3.05) is 20.2 Å². The Morgan fingerprint density at radius 2 is 2.29 bits per heavy atom. The smallest absolute Gasteiger partial charge is 0.260 e. The van der Waals surface area contributed by atoms with Crippen molar-refractivity contribution < 1.29 is 19.2 Å². The molecule has 0 aliphatic carbocycles. The lowest BCUT2D eigenvalue weighted by Crippen LogP contribution is -2.41. The van der Waals surface area contributed by atoms with Crippen molar-refractivity contribution in [3.8, 4) is 5.88 Å². The molecule has 0 fully saturated rings. The SMILES string of the molecule is Cc1cc(OCC(=O)N(C)CC(C)(C)O)no1. The van der Waals surface area contributed by atoms with E-state index in [4.69, 9.17) is 9.26 Å². The number of aliphatic hydroxyl groups is 1. The topological polar surface area (TPSA) is 75.8 Å². The van der Waals surface area contributed by atoms with E-state index in [2.05, 4.69) is 5.16 Å². The first-order valence-corrected chi connectivity index (χ1v) is 5.30. The molecule has 6 nitrogen and oxygen atoms in total. The van der Waals surface area contributed by atoms with Crippen LogP contribution >= 0.6 is 0 Å². The highest BCUT2D eigenvalue weighted by molar-refractivity contribution is 5.77. The molecule has 0 atom stereocenters. The van der Waals surface area contributed by atoms with Crippen LogP contribution in [0.1, 0.15) is 19.6 Å². The molecule has 1 aromatic heterocycles. The molecule has 0 bridgehead atoms. The first kappa shape index (κ1) is 13.5. The molecule has 1 rings (SSSR count). The maximum Gasteiger partial charge on any atom is 0.260 e. The van der Waals surface area contributed by atoms with Gasteiger partial charge in [-0.3, -0.25) is 4.79 Å². The third kappa shape index (κ3) is 4.86. The van der Waals surface area contributed by atoms with E-state index in [1.54, 1.807) is 33.9 Å². The van der Waals surface area contributed by atoms with Crippen molar-refractivity contribution in [2.45, 2.75) is 26.4 Å². The van der Waals surface area contributed by atoms with E-state index in [1.807, 2.05) is 0 Å². The number of likely N-dealkylation sites (N-methyl/N-ethyl adjacent to an activating group) is 1. The van der Waals surface area contributed by atoms with Crippen molar-refractivity contribution in [2.24, 2.45) is 0 Å². The highest BCUT2D eigenvalue weighted by atomic mass is 16.5. The number of carbonyl (C=O) groups excluding carboxylic acids is 1. The quantitative estimate of drug-likeness (QED) is 0.817. The lowest BCUT2D eigenvalue weighted by atomic mass is 10.1. The third-order valence-electron chi connectivity index (χ3n) is 2.00. The fourth-order valence-electron chi connectivity index (χ4n) is 1.33. The van der Waals surface area contributed by atoms with E-state index < -0.39 is 5.60 Å². The Bertz CT molecular complexity index is 381. The van der Waals surface area contributed by atoms with Gasteiger partial charge in [0.05, 0.1) is 5.60 Å². The Labute approximate surface area is 100 Å². The van der Waals surface area contributed by atoms with Gasteiger partial charge in [-0.2, -0.15) is 0 Å². The molecule has 0 aromatic carbocycles. The van der Waals surface area contributed by atoms with Crippen molar-refractivity contribution >= 4 is 5.91 Å². The number of aromatic nitrogens is 1. The molecule has 0 aliphatic rings. The maximum absolute atomic E-state index is 11.6. The number of ether oxygens (including phenoxy) is 1. The number of rotatable bonds is 5. The molecule has 6 heteroatoms. The van der Waals surface area contributed by atoms with E-state index in [1.165, 1.54) is 4.90 Å². The lowest BCUT2D eigenvalue weighted by Gasteiger charge is -2.25. The Hall–Kier alpha value is -1.56. The summed E-state index contributed by atoms with van der Waals surface area (Å²) in [5.74, 6) is 0.678. The number of amides is 1. The molecule has 96 valence electrons. The molecule has 0 saturated heterocycles. The molecule has 0 saturated carbocycles. The van der Waals surface area contributed by atoms with Gasteiger partial charge in [-0.1, -0.05) is 0 Å². The maximum atomic E-state index is 11.6. The monoisotopic (exact) mass is 242 g/mol. The molecule has 1 N–H and O–H groups in total. The van der Waals surface area contributed by atoms with Crippen LogP contribution in [-0.4, -0.2) is 46.9 Å². The first-order valence-electron chi connectivity index (χ1n) is 5.30. The predicted molar refractivity (Wildman–Crippen MR) is 60.7 cm³/mol. The van der Waals surface area contributed by atoms with Crippen molar-refractivity contribution in [1.29, 1.82) is 0 Å². The van der Waals surface area contributed by atoms with Gasteiger partial charge >= 0.3 is 0 Å². The molecule has 0 aliphatic heterocycles. The summed E-state index contributed by atoms with van der Waals surface area (Å²) in [6.07, 6.45) is 0. The van der Waals surface area contributed by atoms with Crippen LogP contribution in [0.2, 0.25) is 0 Å². The van der Waals surface area contributed by atoms with Gasteiger partial charge in [0.1, 0.15) is 5.76 Å². The minimum Gasteiger partial charge on any atom is -0.465 e. The summed E-state index contributed by atoms with van der Waals surface area (Å²) in [6, 6.07) is 1.60. The van der Waals surface area contributed by atoms with E-state index >= 15 is 0 Å². The van der Waals surface area contributed by atoms with Gasteiger partial charge in [0.25, 0.3) is 11.8 Å². The first-order chi connectivity index (χ1) is 7.78. The minimum absolute atomic E-state index is 0.126. The Kier molecular flexibility index (Phi) is 4.11. The summed E-state index contributed by atoms with van der Waals surface area (Å²) < 4.78 is 9.94.